The van der Waals surface area contributed by atoms with E-state index in [1.54, 1.807) is 48.9 Å². The fraction of sp³-hybridized carbons (Fsp3) is 0.484. The molecule has 2 unspecified atom stereocenters. The number of benzene rings is 3. The Labute approximate surface area is 508 Å². The number of nitrogens with zero attached hydrogens (tertiary/aromatic N) is 6. The molecule has 2 aliphatic rings. The maximum atomic E-state index is 13.9. The normalized spacial score (nSPS) is 15.1. The molecule has 2 atom stereocenters. The van der Waals surface area contributed by atoms with Crippen molar-refractivity contribution in [3.8, 4) is 11.5 Å². The van der Waals surface area contributed by atoms with Crippen molar-refractivity contribution in [2.24, 2.45) is 0 Å². The Bertz CT molecular complexity index is 2850. The van der Waals surface area contributed by atoms with Gasteiger partial charge in [-0.3, -0.25) is 24.5 Å². The zero-order valence-corrected chi connectivity index (χ0v) is 50.7. The van der Waals surface area contributed by atoms with Gasteiger partial charge in [0, 0.05) is 115 Å². The molecular formula is C62H86N12O11S. The molecule has 0 spiro atoms. The Kier molecular flexibility index (Phi) is 29.1. The van der Waals surface area contributed by atoms with Crippen molar-refractivity contribution < 1.29 is 47.6 Å². The number of hydrogen-bond acceptors (Lipinski definition) is 19. The zero-order chi connectivity index (χ0) is 60.6. The van der Waals surface area contributed by atoms with E-state index in [0.717, 1.165) is 68.9 Å². The number of urea groups is 1. The highest BCUT2D eigenvalue weighted by molar-refractivity contribution is 7.14. The minimum atomic E-state index is -0.928. The van der Waals surface area contributed by atoms with E-state index in [9.17, 15) is 24.0 Å². The number of carbonyl (C=O) groups excluding carboxylic acids is 4. The lowest BCUT2D eigenvalue weighted by Gasteiger charge is -2.32. The van der Waals surface area contributed by atoms with Crippen molar-refractivity contribution in [2.45, 2.75) is 50.7 Å². The number of H-pyrrole nitrogens is 1. The average Bonchev–Trinajstić information content (AvgIpc) is 3.21. The minimum absolute atomic E-state index is 0.0236. The van der Waals surface area contributed by atoms with Gasteiger partial charge in [0.05, 0.1) is 58.3 Å². The number of hydrogen-bond donors (Lipinski definition) is 6. The highest BCUT2D eigenvalue weighted by atomic mass is 32.1. The number of nitrogens with one attached hydrogen (secondary N) is 6. The summed E-state index contributed by atoms with van der Waals surface area (Å²) in [4.78, 5) is 79.9. The molecule has 2 fully saturated rings. The van der Waals surface area contributed by atoms with Gasteiger partial charge < -0.3 is 63.6 Å². The lowest BCUT2D eigenvalue weighted by molar-refractivity contribution is -0.136. The summed E-state index contributed by atoms with van der Waals surface area (Å²) in [6, 6.07) is 26.3. The molecule has 3 aromatic carbocycles. The molecule has 7 rings (SSSR count). The van der Waals surface area contributed by atoms with Crippen LogP contribution in [0.4, 0.5) is 15.6 Å². The van der Waals surface area contributed by atoms with E-state index in [1.165, 1.54) is 34.6 Å². The van der Waals surface area contributed by atoms with Gasteiger partial charge in [-0.25, -0.2) is 20.2 Å². The number of ether oxygens (including phenoxy) is 6. The van der Waals surface area contributed by atoms with E-state index < -0.39 is 12.1 Å². The van der Waals surface area contributed by atoms with Crippen molar-refractivity contribution in [1.82, 2.24) is 50.9 Å². The molecule has 23 nitrogen and oxygen atoms in total. The van der Waals surface area contributed by atoms with E-state index in [4.69, 9.17) is 28.4 Å². The SMILES string of the molecule is COCCCN(C(=O)/C=C/c1ccc(OCCCCN(C)CCOCCOCCC2CN(CCOCCOc3ccc(NC(=O)Nc4nc(CC(=O)N5CCN(C)CC5)cs4)cc3)NN2)cc1)C(C(=O)CNCc1ccccc1)c1ccc(=O)[nH]c1. The average molecular weight is 1210 g/mol. The molecule has 2 aromatic heterocycles. The molecule has 4 heterocycles. The molecule has 0 aliphatic carbocycles. The van der Waals surface area contributed by atoms with Gasteiger partial charge in [0.15, 0.2) is 10.9 Å². The second-order valence-corrected chi connectivity index (χ2v) is 21.9. The molecule has 6 N–H and O–H groups in total. The van der Waals surface area contributed by atoms with E-state index in [2.05, 4.69) is 65.8 Å². The summed E-state index contributed by atoms with van der Waals surface area (Å²) in [7, 11) is 5.73. The Morgan fingerprint density at radius 1 is 0.779 bits per heavy atom. The molecule has 5 aromatic rings. The van der Waals surface area contributed by atoms with Crippen LogP contribution in [0.15, 0.2) is 113 Å². The molecule has 0 saturated carbocycles. The first-order valence-electron chi connectivity index (χ1n) is 29.5. The van der Waals surface area contributed by atoms with Gasteiger partial charge in [0.2, 0.25) is 17.4 Å². The van der Waals surface area contributed by atoms with Gasteiger partial charge in [0.25, 0.3) is 0 Å². The number of pyridine rings is 1. The summed E-state index contributed by atoms with van der Waals surface area (Å²) in [5, 5.41) is 13.1. The van der Waals surface area contributed by atoms with E-state index >= 15 is 0 Å². The number of piperazine rings is 1. The standard InChI is InChI=1S/C62H86N12O11S/c1-70(25-7-8-34-84-54-18-12-48(13-19-54)14-23-58(77)74(26-9-33-80-3)60(50-15-22-57(76)64-44-50)56(75)45-63-43-49-10-5-4-6-11-49)31-36-82-39-38-81-35-24-52-46-73(69-68-52)32-37-83-40-41-85-55-20-16-51(17-21-55)65-61(79)67-62-66-53(47-86-62)42-59(78)72-29-27-71(2)28-30-72/h4-6,10-23,44,47,52,60,63,68-69H,7-9,24-43,45-46H2,1-3H3,(H,64,76)(H2,65,66,67,79)/b23-14+. The summed E-state index contributed by atoms with van der Waals surface area (Å²) >= 11 is 1.29. The number of ketones is 1. The number of thiazole rings is 1. The maximum Gasteiger partial charge on any atom is 0.325 e. The Balaban J connectivity index is 0.664. The molecule has 86 heavy (non-hydrogen) atoms. The quantitative estimate of drug-likeness (QED) is 0.0222. The van der Waals surface area contributed by atoms with Crippen LogP contribution in [0.2, 0.25) is 0 Å². The Hall–Kier alpha value is -6.94. The first kappa shape index (κ1) is 66.6. The molecule has 466 valence electrons. The van der Waals surface area contributed by atoms with E-state index in [-0.39, 0.29) is 48.7 Å². The highest BCUT2D eigenvalue weighted by Crippen LogP contribution is 2.24. The van der Waals surface area contributed by atoms with Gasteiger partial charge in [-0.15, -0.1) is 11.3 Å². The molecule has 4 amide bonds. The first-order valence-corrected chi connectivity index (χ1v) is 30.4. The fourth-order valence-corrected chi connectivity index (χ4v) is 10.1. The number of amides is 4. The second-order valence-electron chi connectivity index (χ2n) is 21.1. The number of aromatic nitrogens is 2. The molecule has 2 saturated heterocycles. The number of unbranched alkanes of at least 4 members (excludes halogenated alkanes) is 1. The van der Waals surface area contributed by atoms with Crippen molar-refractivity contribution in [3.05, 3.63) is 141 Å². The predicted octanol–water partition coefficient (Wildman–Crippen LogP) is 5.07. The molecule has 0 bridgehead atoms. The van der Waals surface area contributed by atoms with Crippen LogP contribution >= 0.6 is 11.3 Å². The predicted molar refractivity (Wildman–Crippen MR) is 332 cm³/mol. The van der Waals surface area contributed by atoms with Gasteiger partial charge in [-0.1, -0.05) is 42.5 Å². The van der Waals surface area contributed by atoms with Crippen molar-refractivity contribution in [2.75, 3.05) is 157 Å². The molecular weight excluding hydrogens is 1120 g/mol. The van der Waals surface area contributed by atoms with Crippen LogP contribution in [0, 0.1) is 0 Å². The maximum absolute atomic E-state index is 13.9. The number of Topliss-reactive ketones (excluding diaryl/α,β-unsaturated/α-hetero) is 1. The summed E-state index contributed by atoms with van der Waals surface area (Å²) in [6.45, 7) is 11.9. The lowest BCUT2D eigenvalue weighted by Crippen LogP contribution is -2.47. The topological polar surface area (TPSA) is 246 Å². The van der Waals surface area contributed by atoms with Gasteiger partial charge >= 0.3 is 6.03 Å². The minimum Gasteiger partial charge on any atom is -0.494 e. The third-order valence-electron chi connectivity index (χ3n) is 14.3. The molecule has 0 radical (unpaired) electrons. The number of aromatic amines is 1. The summed E-state index contributed by atoms with van der Waals surface area (Å²) in [5.41, 5.74) is 9.83. The number of methoxy groups -OCH3 is 1. The van der Waals surface area contributed by atoms with Crippen LogP contribution in [0.1, 0.15) is 54.1 Å². The fourth-order valence-electron chi connectivity index (χ4n) is 9.40. The number of hydrazine groups is 2. The van der Waals surface area contributed by atoms with Gasteiger partial charge in [-0.05, 0) is 112 Å². The summed E-state index contributed by atoms with van der Waals surface area (Å²) < 4.78 is 34.6. The van der Waals surface area contributed by atoms with Crippen molar-refractivity contribution in [1.29, 1.82) is 0 Å². The largest absolute Gasteiger partial charge is 0.494 e. The number of rotatable bonds is 39. The third-order valence-corrected chi connectivity index (χ3v) is 15.1. The number of carbonyl (C=O) groups is 4. The summed E-state index contributed by atoms with van der Waals surface area (Å²) in [5.74, 6) is 0.907. The van der Waals surface area contributed by atoms with E-state index in [0.29, 0.717) is 120 Å². The Morgan fingerprint density at radius 3 is 2.27 bits per heavy atom. The van der Waals surface area contributed by atoms with Crippen LogP contribution in [0.5, 0.6) is 11.5 Å². The van der Waals surface area contributed by atoms with Gasteiger partial charge in [0.1, 0.15) is 24.1 Å². The van der Waals surface area contributed by atoms with Crippen LogP contribution in [-0.4, -0.2) is 210 Å². The first-order chi connectivity index (χ1) is 42.0. The summed E-state index contributed by atoms with van der Waals surface area (Å²) in [6.07, 6.45) is 8.15. The van der Waals surface area contributed by atoms with Crippen molar-refractivity contribution in [3.63, 3.8) is 0 Å². The van der Waals surface area contributed by atoms with Crippen LogP contribution < -0.4 is 41.9 Å². The van der Waals surface area contributed by atoms with Gasteiger partial charge in [-0.2, -0.15) is 5.53 Å². The van der Waals surface area contributed by atoms with Crippen LogP contribution in [0.3, 0.4) is 0 Å². The lowest BCUT2D eigenvalue weighted by atomic mass is 10.0. The smallest absolute Gasteiger partial charge is 0.325 e. The monoisotopic (exact) mass is 1210 g/mol. The molecule has 24 heteroatoms. The molecule has 2 aliphatic heterocycles. The highest BCUT2D eigenvalue weighted by Gasteiger charge is 2.30. The van der Waals surface area contributed by atoms with Crippen LogP contribution in [0.25, 0.3) is 6.08 Å². The van der Waals surface area contributed by atoms with Crippen LogP contribution in [-0.2, 0) is 46.3 Å². The third kappa shape index (κ3) is 24.4. The zero-order valence-electron chi connectivity index (χ0n) is 49.9. The van der Waals surface area contributed by atoms with Crippen molar-refractivity contribution >= 4 is 51.9 Å². The number of likely N-dealkylation sites (N-methyl/N-ethyl adjacent to an activating group) is 2. The second kappa shape index (κ2) is 37.6. The Morgan fingerprint density at radius 2 is 1.51 bits per heavy atom. The number of anilines is 2. The van der Waals surface area contributed by atoms with E-state index in [1.807, 2.05) is 59.5 Å².